The standard InChI is InChI=1S/C21H19N3O3S/c1-13(20(25)24-17-10-6-9-16(11-17)21(26)27)28-19-12-18(22-14(2)23-19)15-7-4-3-5-8-15/h3-13H,1-2H3,(H,24,25)(H,26,27). The van der Waals surface area contributed by atoms with Gasteiger partial charge in [-0.2, -0.15) is 0 Å². The highest BCUT2D eigenvalue weighted by molar-refractivity contribution is 8.00. The number of rotatable bonds is 6. The van der Waals surface area contributed by atoms with Crippen LogP contribution in [-0.2, 0) is 4.79 Å². The van der Waals surface area contributed by atoms with E-state index in [0.29, 0.717) is 16.5 Å². The molecule has 1 atom stereocenters. The minimum atomic E-state index is -1.04. The Hall–Kier alpha value is -3.19. The first kappa shape index (κ1) is 19.6. The molecule has 6 nitrogen and oxygen atoms in total. The largest absolute Gasteiger partial charge is 0.478 e. The summed E-state index contributed by atoms with van der Waals surface area (Å²) in [5, 5.41) is 12.1. The van der Waals surface area contributed by atoms with Crippen LogP contribution in [0.3, 0.4) is 0 Å². The second-order valence-corrected chi connectivity index (χ2v) is 7.50. The third-order valence-corrected chi connectivity index (χ3v) is 4.95. The zero-order chi connectivity index (χ0) is 20.1. The maximum atomic E-state index is 12.5. The number of carboxylic acids is 1. The van der Waals surface area contributed by atoms with Crippen molar-refractivity contribution in [2.75, 3.05) is 5.32 Å². The van der Waals surface area contributed by atoms with Crippen molar-refractivity contribution in [1.29, 1.82) is 0 Å². The molecular weight excluding hydrogens is 374 g/mol. The number of hydrogen-bond acceptors (Lipinski definition) is 5. The molecule has 2 aromatic carbocycles. The number of amides is 1. The van der Waals surface area contributed by atoms with Crippen LogP contribution in [0, 0.1) is 6.92 Å². The van der Waals surface area contributed by atoms with Gasteiger partial charge in [0.2, 0.25) is 5.91 Å². The smallest absolute Gasteiger partial charge is 0.335 e. The van der Waals surface area contributed by atoms with Crippen molar-refractivity contribution < 1.29 is 14.7 Å². The minimum Gasteiger partial charge on any atom is -0.478 e. The minimum absolute atomic E-state index is 0.122. The van der Waals surface area contributed by atoms with Crippen LogP contribution in [0.15, 0.2) is 65.7 Å². The van der Waals surface area contributed by atoms with Gasteiger partial charge < -0.3 is 10.4 Å². The van der Waals surface area contributed by atoms with E-state index in [-0.39, 0.29) is 11.5 Å². The Morgan fingerprint density at radius 1 is 1.04 bits per heavy atom. The molecule has 0 aliphatic rings. The zero-order valence-electron chi connectivity index (χ0n) is 15.4. The maximum absolute atomic E-state index is 12.5. The highest BCUT2D eigenvalue weighted by Crippen LogP contribution is 2.26. The predicted molar refractivity (Wildman–Crippen MR) is 110 cm³/mol. The third-order valence-electron chi connectivity index (χ3n) is 3.93. The molecule has 1 unspecified atom stereocenters. The van der Waals surface area contributed by atoms with Crippen LogP contribution in [0.5, 0.6) is 0 Å². The van der Waals surface area contributed by atoms with Gasteiger partial charge in [0.25, 0.3) is 0 Å². The molecule has 3 aromatic rings. The molecule has 0 aliphatic carbocycles. The van der Waals surface area contributed by atoms with Gasteiger partial charge in [-0.1, -0.05) is 48.2 Å². The number of nitrogens with zero attached hydrogens (tertiary/aromatic N) is 2. The summed E-state index contributed by atoms with van der Waals surface area (Å²) in [7, 11) is 0. The fourth-order valence-corrected chi connectivity index (χ4v) is 3.46. The summed E-state index contributed by atoms with van der Waals surface area (Å²) >= 11 is 1.32. The van der Waals surface area contributed by atoms with Crippen molar-refractivity contribution in [3.63, 3.8) is 0 Å². The Labute approximate surface area is 167 Å². The van der Waals surface area contributed by atoms with Gasteiger partial charge in [-0.25, -0.2) is 14.8 Å². The number of anilines is 1. The van der Waals surface area contributed by atoms with Gasteiger partial charge in [-0.15, -0.1) is 0 Å². The number of aryl methyl sites for hydroxylation is 1. The second-order valence-electron chi connectivity index (χ2n) is 6.14. The normalized spacial score (nSPS) is 11.6. The zero-order valence-corrected chi connectivity index (χ0v) is 16.2. The molecule has 1 amide bonds. The van der Waals surface area contributed by atoms with E-state index in [9.17, 15) is 9.59 Å². The Kier molecular flexibility index (Phi) is 6.06. The third kappa shape index (κ3) is 4.95. The Balaban J connectivity index is 1.73. The van der Waals surface area contributed by atoms with Crippen LogP contribution < -0.4 is 5.32 Å². The molecule has 1 aromatic heterocycles. The van der Waals surface area contributed by atoms with E-state index in [2.05, 4.69) is 15.3 Å². The average molecular weight is 393 g/mol. The topological polar surface area (TPSA) is 92.2 Å². The molecule has 0 aliphatic heterocycles. The summed E-state index contributed by atoms with van der Waals surface area (Å²) in [5.74, 6) is -0.640. The summed E-state index contributed by atoms with van der Waals surface area (Å²) in [6.45, 7) is 3.60. The molecule has 0 spiro atoms. The molecule has 3 rings (SSSR count). The number of thioether (sulfide) groups is 1. The number of carbonyl (C=O) groups excluding carboxylic acids is 1. The molecule has 0 saturated carbocycles. The van der Waals surface area contributed by atoms with Gasteiger partial charge in [-0.05, 0) is 38.1 Å². The summed E-state index contributed by atoms with van der Waals surface area (Å²) in [5.41, 5.74) is 2.35. The van der Waals surface area contributed by atoms with Crippen LogP contribution in [-0.4, -0.2) is 32.2 Å². The summed E-state index contributed by atoms with van der Waals surface area (Å²) in [4.78, 5) is 32.5. The highest BCUT2D eigenvalue weighted by Gasteiger charge is 2.17. The lowest BCUT2D eigenvalue weighted by Gasteiger charge is -2.13. The number of aromatic carboxylic acids is 1. The molecule has 7 heteroatoms. The maximum Gasteiger partial charge on any atom is 0.335 e. The van der Waals surface area contributed by atoms with E-state index in [0.717, 1.165) is 11.3 Å². The summed E-state index contributed by atoms with van der Waals surface area (Å²) < 4.78 is 0. The molecule has 0 radical (unpaired) electrons. The molecule has 0 bridgehead atoms. The monoisotopic (exact) mass is 393 g/mol. The fraction of sp³-hybridized carbons (Fsp3) is 0.143. The van der Waals surface area contributed by atoms with Crippen LogP contribution in [0.25, 0.3) is 11.3 Å². The van der Waals surface area contributed by atoms with Crippen molar-refractivity contribution in [3.05, 3.63) is 72.1 Å². The summed E-state index contributed by atoms with van der Waals surface area (Å²) in [6.07, 6.45) is 0. The number of carboxylic acid groups (broad SMARTS) is 1. The van der Waals surface area contributed by atoms with E-state index >= 15 is 0 Å². The summed E-state index contributed by atoms with van der Waals surface area (Å²) in [6, 6.07) is 17.8. The van der Waals surface area contributed by atoms with Crippen molar-refractivity contribution in [3.8, 4) is 11.3 Å². The van der Waals surface area contributed by atoms with E-state index in [1.165, 1.54) is 23.9 Å². The Morgan fingerprint density at radius 3 is 2.50 bits per heavy atom. The van der Waals surface area contributed by atoms with E-state index in [4.69, 9.17) is 5.11 Å². The SMILES string of the molecule is Cc1nc(SC(C)C(=O)Nc2cccc(C(=O)O)c2)cc(-c2ccccc2)n1. The van der Waals surface area contributed by atoms with Crippen LogP contribution in [0.1, 0.15) is 23.1 Å². The van der Waals surface area contributed by atoms with E-state index < -0.39 is 11.2 Å². The molecule has 142 valence electrons. The average Bonchev–Trinajstić information content (AvgIpc) is 2.68. The molecule has 2 N–H and O–H groups in total. The molecule has 0 fully saturated rings. The van der Waals surface area contributed by atoms with Crippen molar-refractivity contribution >= 4 is 29.3 Å². The van der Waals surface area contributed by atoms with Gasteiger partial charge in [0.05, 0.1) is 16.5 Å². The van der Waals surface area contributed by atoms with Gasteiger partial charge in [0.1, 0.15) is 10.9 Å². The number of aromatic nitrogens is 2. The molecule has 1 heterocycles. The number of carbonyl (C=O) groups is 2. The quantitative estimate of drug-likeness (QED) is 0.480. The van der Waals surface area contributed by atoms with E-state index in [1.54, 1.807) is 19.1 Å². The first-order valence-corrected chi connectivity index (χ1v) is 9.52. The number of nitrogens with one attached hydrogen (secondary N) is 1. The Bertz CT molecular complexity index is 1010. The van der Waals surface area contributed by atoms with Gasteiger partial charge in [-0.3, -0.25) is 4.79 Å². The lowest BCUT2D eigenvalue weighted by molar-refractivity contribution is -0.115. The van der Waals surface area contributed by atoms with Crippen LogP contribution in [0.2, 0.25) is 0 Å². The van der Waals surface area contributed by atoms with Gasteiger partial charge >= 0.3 is 5.97 Å². The van der Waals surface area contributed by atoms with Crippen LogP contribution >= 0.6 is 11.8 Å². The van der Waals surface area contributed by atoms with Crippen molar-refractivity contribution in [2.45, 2.75) is 24.1 Å². The first-order chi connectivity index (χ1) is 13.4. The fourth-order valence-electron chi connectivity index (χ4n) is 2.57. The molecule has 0 saturated heterocycles. The molecular formula is C21H19N3O3S. The number of hydrogen-bond donors (Lipinski definition) is 2. The first-order valence-electron chi connectivity index (χ1n) is 8.64. The van der Waals surface area contributed by atoms with Crippen molar-refractivity contribution in [1.82, 2.24) is 9.97 Å². The van der Waals surface area contributed by atoms with Gasteiger partial charge in [0.15, 0.2) is 0 Å². The Morgan fingerprint density at radius 2 is 1.79 bits per heavy atom. The van der Waals surface area contributed by atoms with Crippen molar-refractivity contribution in [2.24, 2.45) is 0 Å². The second kappa shape index (κ2) is 8.67. The van der Waals surface area contributed by atoms with Gasteiger partial charge in [0, 0.05) is 11.3 Å². The van der Waals surface area contributed by atoms with Crippen LogP contribution in [0.4, 0.5) is 5.69 Å². The van der Waals surface area contributed by atoms with E-state index in [1.807, 2.05) is 43.3 Å². The highest BCUT2D eigenvalue weighted by atomic mass is 32.2. The predicted octanol–water partition coefficient (Wildman–Crippen LogP) is 4.27. The molecule has 28 heavy (non-hydrogen) atoms. The lowest BCUT2D eigenvalue weighted by atomic mass is 10.1. The number of benzene rings is 2. The lowest BCUT2D eigenvalue weighted by Crippen LogP contribution is -2.22.